The maximum absolute atomic E-state index is 12.3. The number of amides is 1. The first-order chi connectivity index (χ1) is 15.2. The zero-order chi connectivity index (χ0) is 21.5. The van der Waals surface area contributed by atoms with Crippen LogP contribution in [-0.4, -0.2) is 27.6 Å². The minimum absolute atomic E-state index is 0.138. The Hall–Kier alpha value is -3.52. The number of nitrogens with one attached hydrogen (secondary N) is 1. The second-order valence-electron chi connectivity index (χ2n) is 6.81. The largest absolute Gasteiger partial charge is 0.494 e. The van der Waals surface area contributed by atoms with E-state index < -0.39 is 0 Å². The number of anilines is 1. The maximum Gasteiger partial charge on any atom is 0.227 e. The Balaban J connectivity index is 1.27. The summed E-state index contributed by atoms with van der Waals surface area (Å²) in [5, 5.41) is 7.43. The molecule has 0 bridgehead atoms. The highest BCUT2D eigenvalue weighted by Crippen LogP contribution is 2.22. The number of hydrogen-bond donors (Lipinski definition) is 1. The highest BCUT2D eigenvalue weighted by molar-refractivity contribution is 7.15. The number of nitrogens with zero attached hydrogens (tertiary/aromatic N) is 3. The van der Waals surface area contributed by atoms with Gasteiger partial charge in [-0.05, 0) is 36.8 Å². The zero-order valence-electron chi connectivity index (χ0n) is 17.1. The van der Waals surface area contributed by atoms with E-state index in [1.165, 1.54) is 16.9 Å². The van der Waals surface area contributed by atoms with Crippen LogP contribution in [-0.2, 0) is 17.6 Å². The standard InChI is InChI=1S/C23H22N4O3S/c1-2-29-18-10-8-17(9-11-18)22-26-21(30-27-22)13-12-20(28)25-23-24-15-19(31-23)14-16-6-4-3-5-7-16/h3-11,15H,2,12-14H2,1H3,(H,24,25,28). The Kier molecular flexibility index (Phi) is 6.68. The molecule has 2 aromatic heterocycles. The Morgan fingerprint density at radius 3 is 2.71 bits per heavy atom. The van der Waals surface area contributed by atoms with Gasteiger partial charge < -0.3 is 14.6 Å². The summed E-state index contributed by atoms with van der Waals surface area (Å²) in [7, 11) is 0. The van der Waals surface area contributed by atoms with Crippen LogP contribution in [0.4, 0.5) is 5.13 Å². The molecule has 2 heterocycles. The summed E-state index contributed by atoms with van der Waals surface area (Å²) in [6.45, 7) is 2.55. The minimum Gasteiger partial charge on any atom is -0.494 e. The van der Waals surface area contributed by atoms with Crippen LogP contribution in [0.25, 0.3) is 11.4 Å². The first-order valence-electron chi connectivity index (χ1n) is 10.0. The average Bonchev–Trinajstić information content (AvgIpc) is 3.43. The smallest absolute Gasteiger partial charge is 0.227 e. The van der Waals surface area contributed by atoms with Crippen LogP contribution in [0.15, 0.2) is 65.3 Å². The predicted octanol–water partition coefficient (Wildman–Crippen LogP) is 4.75. The molecule has 0 saturated carbocycles. The molecule has 4 rings (SSSR count). The van der Waals surface area contributed by atoms with Gasteiger partial charge in [-0.15, -0.1) is 11.3 Å². The monoisotopic (exact) mass is 434 g/mol. The third kappa shape index (κ3) is 5.76. The van der Waals surface area contributed by atoms with Gasteiger partial charge in [-0.2, -0.15) is 4.98 Å². The van der Waals surface area contributed by atoms with E-state index in [0.29, 0.717) is 29.9 Å². The third-order valence-electron chi connectivity index (χ3n) is 4.48. The van der Waals surface area contributed by atoms with E-state index in [1.54, 1.807) is 6.20 Å². The highest BCUT2D eigenvalue weighted by Gasteiger charge is 2.12. The van der Waals surface area contributed by atoms with Crippen molar-refractivity contribution in [2.75, 3.05) is 11.9 Å². The van der Waals surface area contributed by atoms with Gasteiger partial charge in [0.1, 0.15) is 5.75 Å². The number of rotatable bonds is 9. The molecule has 0 aliphatic heterocycles. The van der Waals surface area contributed by atoms with Crippen molar-refractivity contribution in [3.05, 3.63) is 77.1 Å². The summed E-state index contributed by atoms with van der Waals surface area (Å²) >= 11 is 1.48. The van der Waals surface area contributed by atoms with Crippen LogP contribution < -0.4 is 10.1 Å². The van der Waals surface area contributed by atoms with E-state index in [9.17, 15) is 4.79 Å². The van der Waals surface area contributed by atoms with Gasteiger partial charge in [0.15, 0.2) is 5.13 Å². The number of aryl methyl sites for hydroxylation is 1. The minimum atomic E-state index is -0.138. The van der Waals surface area contributed by atoms with E-state index in [1.807, 2.05) is 49.4 Å². The normalized spacial score (nSPS) is 10.7. The molecule has 0 radical (unpaired) electrons. The van der Waals surface area contributed by atoms with Crippen LogP contribution in [0.3, 0.4) is 0 Å². The van der Waals surface area contributed by atoms with E-state index in [-0.39, 0.29) is 12.3 Å². The zero-order valence-corrected chi connectivity index (χ0v) is 17.9. The van der Waals surface area contributed by atoms with Crippen molar-refractivity contribution in [2.45, 2.75) is 26.2 Å². The molecule has 1 amide bonds. The van der Waals surface area contributed by atoms with Gasteiger partial charge >= 0.3 is 0 Å². The maximum atomic E-state index is 12.3. The number of aromatic nitrogens is 3. The number of benzene rings is 2. The summed E-state index contributed by atoms with van der Waals surface area (Å²) in [5.41, 5.74) is 2.04. The molecule has 158 valence electrons. The predicted molar refractivity (Wildman–Crippen MR) is 119 cm³/mol. The highest BCUT2D eigenvalue weighted by atomic mass is 32.1. The van der Waals surface area contributed by atoms with Gasteiger partial charge in [-0.1, -0.05) is 35.5 Å². The molecule has 31 heavy (non-hydrogen) atoms. The number of carbonyl (C=O) groups excluding carboxylic acids is 1. The molecule has 0 unspecified atom stereocenters. The lowest BCUT2D eigenvalue weighted by Crippen LogP contribution is -2.12. The molecule has 7 nitrogen and oxygen atoms in total. The number of hydrogen-bond acceptors (Lipinski definition) is 7. The van der Waals surface area contributed by atoms with Crippen LogP contribution >= 0.6 is 11.3 Å². The van der Waals surface area contributed by atoms with Crippen LogP contribution in [0.5, 0.6) is 5.75 Å². The van der Waals surface area contributed by atoms with Crippen molar-refractivity contribution < 1.29 is 14.1 Å². The molecule has 1 N–H and O–H groups in total. The first kappa shape index (κ1) is 20.7. The Bertz CT molecular complexity index is 1120. The summed E-state index contributed by atoms with van der Waals surface area (Å²) in [6.07, 6.45) is 3.19. The van der Waals surface area contributed by atoms with Crippen molar-refractivity contribution in [3.8, 4) is 17.1 Å². The Morgan fingerprint density at radius 2 is 1.94 bits per heavy atom. The lowest BCUT2D eigenvalue weighted by Gasteiger charge is -2.02. The SMILES string of the molecule is CCOc1ccc(-c2noc(CCC(=O)Nc3ncc(Cc4ccccc4)s3)n2)cc1. The average molecular weight is 435 g/mol. The summed E-state index contributed by atoms with van der Waals surface area (Å²) in [5.74, 6) is 1.56. The molecule has 2 aromatic carbocycles. The molecule has 0 spiro atoms. The molecular formula is C23H22N4O3S. The van der Waals surface area contributed by atoms with E-state index >= 15 is 0 Å². The van der Waals surface area contributed by atoms with Crippen molar-refractivity contribution in [3.63, 3.8) is 0 Å². The Morgan fingerprint density at radius 1 is 1.13 bits per heavy atom. The van der Waals surface area contributed by atoms with Crippen molar-refractivity contribution in [1.29, 1.82) is 0 Å². The van der Waals surface area contributed by atoms with Crippen LogP contribution in [0.2, 0.25) is 0 Å². The fourth-order valence-electron chi connectivity index (χ4n) is 2.99. The fraction of sp³-hybridized carbons (Fsp3) is 0.217. The fourth-order valence-corrected chi connectivity index (χ4v) is 3.85. The lowest BCUT2D eigenvalue weighted by molar-refractivity contribution is -0.116. The van der Waals surface area contributed by atoms with Gasteiger partial charge in [0.25, 0.3) is 0 Å². The lowest BCUT2D eigenvalue weighted by atomic mass is 10.1. The summed E-state index contributed by atoms with van der Waals surface area (Å²) < 4.78 is 10.7. The van der Waals surface area contributed by atoms with Crippen molar-refractivity contribution in [1.82, 2.24) is 15.1 Å². The quantitative estimate of drug-likeness (QED) is 0.409. The molecule has 8 heteroatoms. The van der Waals surface area contributed by atoms with Gasteiger partial charge in [0, 0.05) is 35.9 Å². The molecule has 0 saturated heterocycles. The second kappa shape index (κ2) is 9.99. The molecule has 0 atom stereocenters. The first-order valence-corrected chi connectivity index (χ1v) is 10.9. The third-order valence-corrected chi connectivity index (χ3v) is 5.39. The topological polar surface area (TPSA) is 90.1 Å². The summed E-state index contributed by atoms with van der Waals surface area (Å²) in [4.78, 5) is 22.0. The van der Waals surface area contributed by atoms with Gasteiger partial charge in [0.05, 0.1) is 6.61 Å². The van der Waals surface area contributed by atoms with E-state index in [2.05, 4.69) is 32.6 Å². The number of carbonyl (C=O) groups is 1. The van der Waals surface area contributed by atoms with Gasteiger partial charge in [-0.3, -0.25) is 4.79 Å². The molecule has 0 aliphatic rings. The van der Waals surface area contributed by atoms with Crippen LogP contribution in [0.1, 0.15) is 29.7 Å². The molecule has 4 aromatic rings. The number of thiazole rings is 1. The van der Waals surface area contributed by atoms with E-state index in [0.717, 1.165) is 22.6 Å². The van der Waals surface area contributed by atoms with Crippen molar-refractivity contribution in [2.24, 2.45) is 0 Å². The summed E-state index contributed by atoms with van der Waals surface area (Å²) in [6, 6.07) is 17.6. The van der Waals surface area contributed by atoms with Crippen LogP contribution in [0, 0.1) is 0 Å². The van der Waals surface area contributed by atoms with Gasteiger partial charge in [0.2, 0.25) is 17.6 Å². The second-order valence-corrected chi connectivity index (χ2v) is 7.93. The van der Waals surface area contributed by atoms with Crippen molar-refractivity contribution >= 4 is 22.4 Å². The molecular weight excluding hydrogens is 412 g/mol. The van der Waals surface area contributed by atoms with E-state index in [4.69, 9.17) is 9.26 Å². The molecule has 0 aliphatic carbocycles. The number of ether oxygens (including phenoxy) is 1. The van der Waals surface area contributed by atoms with Gasteiger partial charge in [-0.25, -0.2) is 4.98 Å². The molecule has 0 fully saturated rings. The Labute approximate surface area is 184 Å².